The SMILES string of the molecule is Cn1nc(C(=O)NCc2cccnc2)cc1-c1ccc(Cl)s1. The molecular weight excluding hydrogens is 320 g/mol. The summed E-state index contributed by atoms with van der Waals surface area (Å²) in [6, 6.07) is 9.25. The Morgan fingerprint density at radius 1 is 1.41 bits per heavy atom. The van der Waals surface area contributed by atoms with Crippen LogP contribution in [0.3, 0.4) is 0 Å². The van der Waals surface area contributed by atoms with Crippen LogP contribution in [-0.2, 0) is 13.6 Å². The topological polar surface area (TPSA) is 59.8 Å². The van der Waals surface area contributed by atoms with Crippen molar-refractivity contribution in [3.63, 3.8) is 0 Å². The van der Waals surface area contributed by atoms with Gasteiger partial charge in [-0.15, -0.1) is 11.3 Å². The molecule has 1 N–H and O–H groups in total. The minimum absolute atomic E-state index is 0.214. The Morgan fingerprint density at radius 3 is 2.95 bits per heavy atom. The molecule has 0 spiro atoms. The molecule has 0 saturated carbocycles. The number of thiophene rings is 1. The molecule has 3 rings (SSSR count). The van der Waals surface area contributed by atoms with Gasteiger partial charge in [-0.05, 0) is 29.8 Å². The lowest BCUT2D eigenvalue weighted by atomic mass is 10.2. The molecule has 3 aromatic heterocycles. The molecule has 1 amide bonds. The van der Waals surface area contributed by atoms with Crippen LogP contribution in [0.4, 0.5) is 0 Å². The van der Waals surface area contributed by atoms with E-state index in [1.807, 2.05) is 24.3 Å². The number of nitrogens with zero attached hydrogens (tertiary/aromatic N) is 3. The smallest absolute Gasteiger partial charge is 0.272 e. The first-order valence-electron chi connectivity index (χ1n) is 6.60. The van der Waals surface area contributed by atoms with E-state index < -0.39 is 0 Å². The highest BCUT2D eigenvalue weighted by molar-refractivity contribution is 7.19. The Kier molecular flexibility index (Phi) is 4.22. The van der Waals surface area contributed by atoms with E-state index in [-0.39, 0.29) is 5.91 Å². The molecule has 0 saturated heterocycles. The van der Waals surface area contributed by atoms with Crippen LogP contribution in [0.5, 0.6) is 0 Å². The van der Waals surface area contributed by atoms with Crippen LogP contribution in [0.1, 0.15) is 16.1 Å². The van der Waals surface area contributed by atoms with Crippen molar-refractivity contribution >= 4 is 28.8 Å². The number of hydrogen-bond donors (Lipinski definition) is 1. The summed E-state index contributed by atoms with van der Waals surface area (Å²) >= 11 is 7.41. The van der Waals surface area contributed by atoms with E-state index in [4.69, 9.17) is 11.6 Å². The van der Waals surface area contributed by atoms with Crippen LogP contribution < -0.4 is 5.32 Å². The second-order valence-corrected chi connectivity index (χ2v) is 6.40. The highest BCUT2D eigenvalue weighted by Crippen LogP contribution is 2.31. The molecule has 3 heterocycles. The van der Waals surface area contributed by atoms with Gasteiger partial charge in [-0.25, -0.2) is 0 Å². The van der Waals surface area contributed by atoms with Gasteiger partial charge in [0.15, 0.2) is 5.69 Å². The number of amides is 1. The lowest BCUT2D eigenvalue weighted by molar-refractivity contribution is 0.0945. The van der Waals surface area contributed by atoms with Crippen molar-refractivity contribution in [1.82, 2.24) is 20.1 Å². The standard InChI is InChI=1S/C15H13ClN4OS/c1-20-12(13-4-5-14(16)22-13)7-11(19-20)15(21)18-9-10-3-2-6-17-8-10/h2-8H,9H2,1H3,(H,18,21). The molecule has 7 heteroatoms. The normalized spacial score (nSPS) is 10.6. The number of pyridine rings is 1. The number of aromatic nitrogens is 3. The van der Waals surface area contributed by atoms with E-state index in [1.165, 1.54) is 11.3 Å². The zero-order chi connectivity index (χ0) is 15.5. The van der Waals surface area contributed by atoms with Gasteiger partial charge in [0.05, 0.1) is 14.9 Å². The Hall–Kier alpha value is -2.18. The van der Waals surface area contributed by atoms with Crippen LogP contribution >= 0.6 is 22.9 Å². The van der Waals surface area contributed by atoms with Crippen LogP contribution in [0.2, 0.25) is 4.34 Å². The summed E-state index contributed by atoms with van der Waals surface area (Å²) in [4.78, 5) is 17.2. The fourth-order valence-corrected chi connectivity index (χ4v) is 3.13. The van der Waals surface area contributed by atoms with Crippen molar-refractivity contribution < 1.29 is 4.79 Å². The summed E-state index contributed by atoms with van der Waals surface area (Å²) in [7, 11) is 1.81. The summed E-state index contributed by atoms with van der Waals surface area (Å²) in [6.07, 6.45) is 3.42. The number of aryl methyl sites for hydroxylation is 1. The van der Waals surface area contributed by atoms with Gasteiger partial charge in [-0.3, -0.25) is 14.5 Å². The number of carbonyl (C=O) groups excluding carboxylic acids is 1. The first kappa shape index (κ1) is 14.7. The van der Waals surface area contributed by atoms with Crippen molar-refractivity contribution in [3.05, 3.63) is 58.3 Å². The Balaban J connectivity index is 1.74. The van der Waals surface area contributed by atoms with E-state index in [2.05, 4.69) is 15.4 Å². The van der Waals surface area contributed by atoms with Gasteiger partial charge in [0, 0.05) is 26.0 Å². The maximum Gasteiger partial charge on any atom is 0.272 e. The molecule has 0 radical (unpaired) electrons. The number of carbonyl (C=O) groups is 1. The summed E-state index contributed by atoms with van der Waals surface area (Å²) in [5, 5.41) is 7.10. The Labute approximate surface area is 136 Å². The van der Waals surface area contributed by atoms with Crippen molar-refractivity contribution in [3.8, 4) is 10.6 Å². The maximum atomic E-state index is 12.2. The molecule has 0 aromatic carbocycles. The van der Waals surface area contributed by atoms with E-state index in [0.29, 0.717) is 16.6 Å². The van der Waals surface area contributed by atoms with E-state index >= 15 is 0 Å². The molecule has 22 heavy (non-hydrogen) atoms. The van der Waals surface area contributed by atoms with Crippen molar-refractivity contribution in [2.24, 2.45) is 7.05 Å². The highest BCUT2D eigenvalue weighted by atomic mass is 35.5. The lowest BCUT2D eigenvalue weighted by Crippen LogP contribution is -2.23. The molecule has 0 aliphatic heterocycles. The molecule has 0 unspecified atom stereocenters. The van der Waals surface area contributed by atoms with Gasteiger partial charge in [0.1, 0.15) is 0 Å². The second kappa shape index (κ2) is 6.29. The van der Waals surface area contributed by atoms with Gasteiger partial charge in [0.2, 0.25) is 0 Å². The Morgan fingerprint density at radius 2 is 2.27 bits per heavy atom. The number of rotatable bonds is 4. The molecule has 3 aromatic rings. The van der Waals surface area contributed by atoms with Crippen molar-refractivity contribution in [1.29, 1.82) is 0 Å². The number of hydrogen-bond acceptors (Lipinski definition) is 4. The number of halogens is 1. The van der Waals surface area contributed by atoms with Gasteiger partial charge < -0.3 is 5.32 Å². The predicted molar refractivity (Wildman–Crippen MR) is 86.9 cm³/mol. The summed E-state index contributed by atoms with van der Waals surface area (Å²) in [5.41, 5.74) is 2.19. The van der Waals surface area contributed by atoms with Crippen LogP contribution in [-0.4, -0.2) is 20.7 Å². The summed E-state index contributed by atoms with van der Waals surface area (Å²) < 4.78 is 2.39. The average molecular weight is 333 g/mol. The van der Waals surface area contributed by atoms with Crippen LogP contribution in [0.15, 0.2) is 42.7 Å². The fourth-order valence-electron chi connectivity index (χ4n) is 2.04. The van der Waals surface area contributed by atoms with Gasteiger partial charge in [0.25, 0.3) is 5.91 Å². The van der Waals surface area contributed by atoms with Crippen LogP contribution in [0, 0.1) is 0 Å². The third-order valence-electron chi connectivity index (χ3n) is 3.11. The van der Waals surface area contributed by atoms with Gasteiger partial charge >= 0.3 is 0 Å². The molecule has 0 aliphatic carbocycles. The molecule has 0 fully saturated rings. The van der Waals surface area contributed by atoms with Gasteiger partial charge in [-0.1, -0.05) is 17.7 Å². The fraction of sp³-hybridized carbons (Fsp3) is 0.133. The minimum Gasteiger partial charge on any atom is -0.347 e. The zero-order valence-corrected chi connectivity index (χ0v) is 13.4. The van der Waals surface area contributed by atoms with Crippen molar-refractivity contribution in [2.75, 3.05) is 0 Å². The molecule has 0 atom stereocenters. The van der Waals surface area contributed by atoms with E-state index in [0.717, 1.165) is 16.1 Å². The highest BCUT2D eigenvalue weighted by Gasteiger charge is 2.14. The van der Waals surface area contributed by atoms with E-state index in [9.17, 15) is 4.79 Å². The largest absolute Gasteiger partial charge is 0.347 e. The second-order valence-electron chi connectivity index (χ2n) is 4.69. The van der Waals surface area contributed by atoms with Crippen LogP contribution in [0.25, 0.3) is 10.6 Å². The number of nitrogens with one attached hydrogen (secondary N) is 1. The lowest BCUT2D eigenvalue weighted by Gasteiger charge is -2.02. The summed E-state index contributed by atoms with van der Waals surface area (Å²) in [6.45, 7) is 0.420. The molecule has 0 aliphatic rings. The monoisotopic (exact) mass is 332 g/mol. The molecule has 5 nitrogen and oxygen atoms in total. The molecular formula is C15H13ClN4OS. The quantitative estimate of drug-likeness (QED) is 0.798. The predicted octanol–water partition coefficient (Wildman–Crippen LogP) is 3.13. The van der Waals surface area contributed by atoms with E-state index in [1.54, 1.807) is 30.2 Å². The Bertz CT molecular complexity index is 797. The van der Waals surface area contributed by atoms with Crippen molar-refractivity contribution in [2.45, 2.75) is 6.54 Å². The van der Waals surface area contributed by atoms with Gasteiger partial charge in [-0.2, -0.15) is 5.10 Å². The first-order chi connectivity index (χ1) is 10.6. The third kappa shape index (κ3) is 3.18. The maximum absolute atomic E-state index is 12.2. The third-order valence-corrected chi connectivity index (χ3v) is 4.37. The average Bonchev–Trinajstić information content (AvgIpc) is 3.11. The summed E-state index contributed by atoms with van der Waals surface area (Å²) in [5.74, 6) is -0.214. The first-order valence-corrected chi connectivity index (χ1v) is 7.80. The molecule has 112 valence electrons. The zero-order valence-electron chi connectivity index (χ0n) is 11.8. The minimum atomic E-state index is -0.214. The molecule has 0 bridgehead atoms.